The van der Waals surface area contributed by atoms with Gasteiger partial charge in [0, 0.05) is 36.4 Å². The van der Waals surface area contributed by atoms with Crippen molar-refractivity contribution in [2.45, 2.75) is 81.7 Å². The number of nitrogens with zero attached hydrogens (tertiary/aromatic N) is 3. The van der Waals surface area contributed by atoms with Crippen LogP contribution in [0.2, 0.25) is 0 Å². The van der Waals surface area contributed by atoms with Gasteiger partial charge in [-0.3, -0.25) is 4.79 Å². The van der Waals surface area contributed by atoms with Crippen LogP contribution in [-0.2, 0) is 21.4 Å². The summed E-state index contributed by atoms with van der Waals surface area (Å²) in [6, 6.07) is 7.77. The minimum Gasteiger partial charge on any atom is -0.368 e. The monoisotopic (exact) mass is 472 g/mol. The lowest BCUT2D eigenvalue weighted by atomic mass is 9.90. The molecule has 0 radical (unpaired) electrons. The second kappa shape index (κ2) is 7.94. The molecule has 0 aromatic heterocycles. The maximum absolute atomic E-state index is 13.0. The number of amides is 1. The quantitative estimate of drug-likeness (QED) is 0.598. The maximum atomic E-state index is 13.0. The molecule has 4 atom stereocenters. The standard InChI is InChI=1S/C23H32N6O3S/c1-23(2,3)28-13-15-12-16(6-7-19(15)33(28,31)32)26-21-20-18(9-11-25-22(20)30)29(27-21)17(8-10-24)14-4-5-14/h6-7,12,14,17-18,20-21,26-27H,4-5,8-9,11,13H2,1-3H3,(H,25,30)/t17-,18?,20?,21?/m0/s1. The summed E-state index contributed by atoms with van der Waals surface area (Å²) in [4.78, 5) is 13.2. The molecular weight excluding hydrogens is 440 g/mol. The van der Waals surface area contributed by atoms with Gasteiger partial charge in [-0.25, -0.2) is 18.9 Å². The van der Waals surface area contributed by atoms with Crippen LogP contribution in [0.5, 0.6) is 0 Å². The number of hydrazine groups is 1. The number of benzene rings is 1. The van der Waals surface area contributed by atoms with Crippen LogP contribution in [0.15, 0.2) is 23.1 Å². The van der Waals surface area contributed by atoms with Crippen molar-refractivity contribution in [3.63, 3.8) is 0 Å². The smallest absolute Gasteiger partial charge is 0.244 e. The molecule has 3 aliphatic heterocycles. The Hall–Kier alpha value is -2.19. The second-order valence-electron chi connectivity index (χ2n) is 10.6. The molecule has 3 N–H and O–H groups in total. The Morgan fingerprint density at radius 3 is 2.70 bits per heavy atom. The first kappa shape index (κ1) is 22.6. The summed E-state index contributed by atoms with van der Waals surface area (Å²) in [5.74, 6) is 0.213. The van der Waals surface area contributed by atoms with E-state index in [0.717, 1.165) is 30.5 Å². The molecule has 1 aliphatic carbocycles. The van der Waals surface area contributed by atoms with Crippen LogP contribution in [0.25, 0.3) is 0 Å². The third-order valence-corrected chi connectivity index (χ3v) is 9.51. The van der Waals surface area contributed by atoms with Crippen molar-refractivity contribution in [1.82, 2.24) is 20.1 Å². The zero-order chi connectivity index (χ0) is 23.5. The Kier molecular flexibility index (Phi) is 5.44. The summed E-state index contributed by atoms with van der Waals surface area (Å²) in [5.41, 5.74) is 4.54. The lowest BCUT2D eigenvalue weighted by Gasteiger charge is -2.34. The van der Waals surface area contributed by atoms with E-state index in [1.165, 1.54) is 4.31 Å². The molecule has 9 nitrogen and oxygen atoms in total. The molecule has 3 fully saturated rings. The van der Waals surface area contributed by atoms with Crippen molar-refractivity contribution >= 4 is 21.6 Å². The summed E-state index contributed by atoms with van der Waals surface area (Å²) >= 11 is 0. The van der Waals surface area contributed by atoms with E-state index < -0.39 is 15.6 Å². The lowest BCUT2D eigenvalue weighted by molar-refractivity contribution is -0.128. The van der Waals surface area contributed by atoms with Gasteiger partial charge in [0.25, 0.3) is 0 Å². The van der Waals surface area contributed by atoms with Gasteiger partial charge in [-0.05, 0) is 69.7 Å². The molecule has 1 amide bonds. The van der Waals surface area contributed by atoms with Crippen LogP contribution < -0.4 is 16.1 Å². The van der Waals surface area contributed by atoms with Crippen molar-refractivity contribution in [3.8, 4) is 6.07 Å². The minimum absolute atomic E-state index is 0.00731. The fourth-order valence-electron chi connectivity index (χ4n) is 5.55. The number of piperidine rings is 1. The second-order valence-corrected chi connectivity index (χ2v) is 12.4. The van der Waals surface area contributed by atoms with Gasteiger partial charge in [-0.1, -0.05) is 0 Å². The molecule has 10 heteroatoms. The van der Waals surface area contributed by atoms with Crippen molar-refractivity contribution in [2.24, 2.45) is 11.8 Å². The average Bonchev–Trinajstić information content (AvgIpc) is 3.46. The molecule has 0 bridgehead atoms. The van der Waals surface area contributed by atoms with E-state index in [1.807, 2.05) is 26.8 Å². The number of sulfonamides is 1. The van der Waals surface area contributed by atoms with Crippen LogP contribution in [0.1, 0.15) is 52.0 Å². The highest BCUT2D eigenvalue weighted by Crippen LogP contribution is 2.41. The zero-order valence-electron chi connectivity index (χ0n) is 19.3. The predicted octanol–water partition coefficient (Wildman–Crippen LogP) is 1.74. The summed E-state index contributed by atoms with van der Waals surface area (Å²) in [6.45, 7) is 6.65. The van der Waals surface area contributed by atoms with Crippen LogP contribution in [0.3, 0.4) is 0 Å². The number of carbonyl (C=O) groups is 1. The number of hydrogen-bond acceptors (Lipinski definition) is 7. The zero-order valence-corrected chi connectivity index (χ0v) is 20.2. The van der Waals surface area contributed by atoms with Crippen molar-refractivity contribution in [3.05, 3.63) is 23.8 Å². The van der Waals surface area contributed by atoms with Gasteiger partial charge in [0.1, 0.15) is 6.17 Å². The van der Waals surface area contributed by atoms with Gasteiger partial charge in [-0.15, -0.1) is 0 Å². The molecule has 4 aliphatic rings. The van der Waals surface area contributed by atoms with Crippen LogP contribution in [0.4, 0.5) is 5.69 Å². The van der Waals surface area contributed by atoms with E-state index in [1.54, 1.807) is 12.1 Å². The van der Waals surface area contributed by atoms with E-state index in [9.17, 15) is 18.5 Å². The van der Waals surface area contributed by atoms with E-state index >= 15 is 0 Å². The summed E-state index contributed by atoms with van der Waals surface area (Å²) in [7, 11) is -3.52. The molecule has 3 heterocycles. The molecule has 5 rings (SSSR count). The number of anilines is 1. The van der Waals surface area contributed by atoms with E-state index in [2.05, 4.69) is 27.1 Å². The third-order valence-electron chi connectivity index (χ3n) is 7.30. The van der Waals surface area contributed by atoms with Gasteiger partial charge in [0.05, 0.1) is 23.3 Å². The highest BCUT2D eigenvalue weighted by molar-refractivity contribution is 7.89. The molecule has 1 aromatic carbocycles. The van der Waals surface area contributed by atoms with E-state index in [-0.39, 0.29) is 30.1 Å². The minimum atomic E-state index is -3.52. The average molecular weight is 473 g/mol. The van der Waals surface area contributed by atoms with Gasteiger partial charge >= 0.3 is 0 Å². The molecule has 3 unspecified atom stereocenters. The Morgan fingerprint density at radius 2 is 2.03 bits per heavy atom. The van der Waals surface area contributed by atoms with Crippen LogP contribution >= 0.6 is 0 Å². The number of hydrogen-bond donors (Lipinski definition) is 3. The Morgan fingerprint density at radius 1 is 1.27 bits per heavy atom. The summed E-state index contributed by atoms with van der Waals surface area (Å²) in [5, 5.41) is 18.0. The third kappa shape index (κ3) is 3.91. The predicted molar refractivity (Wildman–Crippen MR) is 123 cm³/mol. The number of fused-ring (bicyclic) bond motifs is 2. The Balaban J connectivity index is 1.40. The lowest BCUT2D eigenvalue weighted by Crippen LogP contribution is -2.52. The van der Waals surface area contributed by atoms with Gasteiger partial charge in [0.2, 0.25) is 15.9 Å². The number of nitrogens with one attached hydrogen (secondary N) is 3. The first-order valence-corrected chi connectivity index (χ1v) is 13.2. The number of rotatable bonds is 5. The summed E-state index contributed by atoms with van der Waals surface area (Å²) < 4.78 is 27.5. The molecule has 0 spiro atoms. The summed E-state index contributed by atoms with van der Waals surface area (Å²) in [6.07, 6.45) is 3.18. The highest BCUT2D eigenvalue weighted by atomic mass is 32.2. The molecular formula is C23H32N6O3S. The van der Waals surface area contributed by atoms with Gasteiger partial charge in [0.15, 0.2) is 0 Å². The first-order valence-electron chi connectivity index (χ1n) is 11.7. The topological polar surface area (TPSA) is 118 Å². The van der Waals surface area contributed by atoms with E-state index in [4.69, 9.17) is 0 Å². The van der Waals surface area contributed by atoms with Crippen molar-refractivity contribution < 1.29 is 13.2 Å². The number of nitriles is 1. The van der Waals surface area contributed by atoms with E-state index in [0.29, 0.717) is 30.3 Å². The SMILES string of the molecule is CC(C)(C)N1Cc2cc(NC3NN([C@@H](CC#N)C4CC4)C4CCNC(=O)C34)ccc2S1(=O)=O. The van der Waals surface area contributed by atoms with Crippen molar-refractivity contribution in [2.75, 3.05) is 11.9 Å². The molecule has 2 saturated heterocycles. The normalized spacial score (nSPS) is 30.2. The molecule has 178 valence electrons. The Labute approximate surface area is 195 Å². The van der Waals surface area contributed by atoms with Gasteiger partial charge < -0.3 is 10.6 Å². The fourth-order valence-corrected chi connectivity index (χ4v) is 7.51. The molecule has 33 heavy (non-hydrogen) atoms. The maximum Gasteiger partial charge on any atom is 0.244 e. The fraction of sp³-hybridized carbons (Fsp3) is 0.652. The molecule has 1 saturated carbocycles. The number of carbonyl (C=O) groups excluding carboxylic acids is 1. The Bertz CT molecular complexity index is 1100. The van der Waals surface area contributed by atoms with Crippen molar-refractivity contribution in [1.29, 1.82) is 5.26 Å². The largest absolute Gasteiger partial charge is 0.368 e. The molecule has 1 aromatic rings. The first-order chi connectivity index (χ1) is 15.6. The van der Waals surface area contributed by atoms with Crippen LogP contribution in [0, 0.1) is 23.2 Å². The van der Waals surface area contributed by atoms with Gasteiger partial charge in [-0.2, -0.15) is 9.57 Å². The highest BCUT2D eigenvalue weighted by Gasteiger charge is 2.52. The van der Waals surface area contributed by atoms with Crippen LogP contribution in [-0.4, -0.2) is 54.0 Å².